The third kappa shape index (κ3) is 4.17. The molecular formula is C19H19N3O6. The number of nitro benzene ring substituents is 1. The highest BCUT2D eigenvalue weighted by Crippen LogP contribution is 2.40. The molecule has 2 rings (SSSR count). The number of esters is 1. The summed E-state index contributed by atoms with van der Waals surface area (Å²) in [6, 6.07) is 7.08. The number of carbonyl (C=O) groups excluding carboxylic acids is 1. The summed E-state index contributed by atoms with van der Waals surface area (Å²) < 4.78 is 5.40. The fraction of sp³-hybridized carbons (Fsp3) is 0.316. The van der Waals surface area contributed by atoms with Crippen LogP contribution in [-0.4, -0.2) is 27.6 Å². The van der Waals surface area contributed by atoms with Gasteiger partial charge in [-0.2, -0.15) is 5.26 Å². The average molecular weight is 385 g/mol. The van der Waals surface area contributed by atoms with Gasteiger partial charge in [-0.05, 0) is 33.3 Å². The van der Waals surface area contributed by atoms with Gasteiger partial charge in [0.05, 0.1) is 22.0 Å². The highest BCUT2D eigenvalue weighted by molar-refractivity contribution is 5.99. The molecule has 0 bridgehead atoms. The van der Waals surface area contributed by atoms with Crippen LogP contribution in [0.4, 0.5) is 5.69 Å². The topological polar surface area (TPSA) is 143 Å². The minimum atomic E-state index is -1.42. The molecule has 1 heterocycles. The molecular weight excluding hydrogens is 366 g/mol. The largest absolute Gasteiger partial charge is 0.478 e. The zero-order valence-corrected chi connectivity index (χ0v) is 15.8. The van der Waals surface area contributed by atoms with E-state index in [0.29, 0.717) is 0 Å². The van der Waals surface area contributed by atoms with Crippen molar-refractivity contribution >= 4 is 17.6 Å². The summed E-state index contributed by atoms with van der Waals surface area (Å²) in [6.07, 6.45) is 0. The number of carbonyl (C=O) groups is 2. The maximum Gasteiger partial charge on any atom is 0.337 e. The van der Waals surface area contributed by atoms with Gasteiger partial charge in [-0.1, -0.05) is 12.1 Å². The summed E-state index contributed by atoms with van der Waals surface area (Å²) in [4.78, 5) is 35.3. The first-order valence-electron chi connectivity index (χ1n) is 8.29. The monoisotopic (exact) mass is 385 g/mol. The minimum absolute atomic E-state index is 0.0215. The number of allylic oxidation sites excluding steroid dienone is 2. The molecule has 0 spiro atoms. The summed E-state index contributed by atoms with van der Waals surface area (Å²) in [5, 5.41) is 32.9. The highest BCUT2D eigenvalue weighted by atomic mass is 16.6. The summed E-state index contributed by atoms with van der Waals surface area (Å²) in [7, 11) is 0. The Morgan fingerprint density at radius 3 is 2.46 bits per heavy atom. The number of benzene rings is 1. The quantitative estimate of drug-likeness (QED) is 0.457. The van der Waals surface area contributed by atoms with Gasteiger partial charge in [0.2, 0.25) is 0 Å². The zero-order chi connectivity index (χ0) is 21.2. The van der Waals surface area contributed by atoms with Gasteiger partial charge in [-0.3, -0.25) is 10.1 Å². The van der Waals surface area contributed by atoms with Crippen LogP contribution in [0, 0.1) is 21.4 Å². The summed E-state index contributed by atoms with van der Waals surface area (Å²) in [5.74, 6) is -3.40. The molecule has 1 aliphatic rings. The Kier molecular flexibility index (Phi) is 5.54. The van der Waals surface area contributed by atoms with Gasteiger partial charge in [0.1, 0.15) is 17.4 Å². The number of carboxylic acids is 1. The van der Waals surface area contributed by atoms with Gasteiger partial charge in [-0.15, -0.1) is 0 Å². The molecule has 0 saturated carbocycles. The Morgan fingerprint density at radius 2 is 1.96 bits per heavy atom. The van der Waals surface area contributed by atoms with Crippen molar-refractivity contribution in [3.8, 4) is 6.07 Å². The van der Waals surface area contributed by atoms with E-state index >= 15 is 0 Å². The predicted octanol–water partition coefficient (Wildman–Crippen LogP) is 2.76. The summed E-state index contributed by atoms with van der Waals surface area (Å²) in [5.41, 5.74) is -1.32. The van der Waals surface area contributed by atoms with E-state index in [-0.39, 0.29) is 33.8 Å². The number of hydrogen-bond acceptors (Lipinski definition) is 7. The Labute approximate surface area is 161 Å². The van der Waals surface area contributed by atoms with Crippen LogP contribution in [0.25, 0.3) is 0 Å². The van der Waals surface area contributed by atoms with Gasteiger partial charge in [-0.25, -0.2) is 9.59 Å². The first-order chi connectivity index (χ1) is 13.0. The molecule has 0 aromatic heterocycles. The molecule has 1 aromatic rings. The molecule has 2 N–H and O–H groups in total. The van der Waals surface area contributed by atoms with E-state index in [1.54, 1.807) is 26.8 Å². The third-order valence-electron chi connectivity index (χ3n) is 3.94. The van der Waals surface area contributed by atoms with Gasteiger partial charge < -0.3 is 15.2 Å². The predicted molar refractivity (Wildman–Crippen MR) is 97.8 cm³/mol. The van der Waals surface area contributed by atoms with Crippen LogP contribution < -0.4 is 5.32 Å². The lowest BCUT2D eigenvalue weighted by molar-refractivity contribution is -0.384. The molecule has 0 radical (unpaired) electrons. The Balaban J connectivity index is 2.74. The third-order valence-corrected chi connectivity index (χ3v) is 3.94. The van der Waals surface area contributed by atoms with Crippen LogP contribution >= 0.6 is 0 Å². The number of aliphatic carboxylic acids is 1. The molecule has 28 heavy (non-hydrogen) atoms. The first kappa shape index (κ1) is 20.6. The average Bonchev–Trinajstić information content (AvgIpc) is 2.58. The van der Waals surface area contributed by atoms with E-state index in [2.05, 4.69) is 5.32 Å². The van der Waals surface area contributed by atoms with E-state index in [0.717, 1.165) is 0 Å². The number of nitro groups is 1. The van der Waals surface area contributed by atoms with Crippen molar-refractivity contribution in [2.24, 2.45) is 0 Å². The lowest BCUT2D eigenvalue weighted by atomic mass is 9.80. The van der Waals surface area contributed by atoms with Crippen LogP contribution in [-0.2, 0) is 14.3 Å². The van der Waals surface area contributed by atoms with E-state index in [1.807, 2.05) is 0 Å². The highest BCUT2D eigenvalue weighted by Gasteiger charge is 2.39. The molecule has 0 saturated heterocycles. The van der Waals surface area contributed by atoms with Crippen molar-refractivity contribution < 1.29 is 24.4 Å². The van der Waals surface area contributed by atoms with Crippen LogP contribution in [0.3, 0.4) is 0 Å². The summed E-state index contributed by atoms with van der Waals surface area (Å²) >= 11 is 0. The zero-order valence-electron chi connectivity index (χ0n) is 15.8. The van der Waals surface area contributed by atoms with Crippen molar-refractivity contribution in [1.29, 1.82) is 5.26 Å². The molecule has 1 unspecified atom stereocenters. The number of nitrogens with one attached hydrogen (secondary N) is 1. The van der Waals surface area contributed by atoms with Crippen molar-refractivity contribution in [2.45, 2.75) is 39.2 Å². The van der Waals surface area contributed by atoms with Crippen molar-refractivity contribution in [2.75, 3.05) is 0 Å². The maximum atomic E-state index is 12.8. The second-order valence-electron chi connectivity index (χ2n) is 7.16. The number of nitriles is 1. The summed E-state index contributed by atoms with van der Waals surface area (Å²) in [6.45, 7) is 6.50. The lowest BCUT2D eigenvalue weighted by Gasteiger charge is -2.30. The number of rotatable bonds is 4. The van der Waals surface area contributed by atoms with Crippen LogP contribution in [0.15, 0.2) is 46.8 Å². The molecule has 0 amide bonds. The minimum Gasteiger partial charge on any atom is -0.478 e. The Bertz CT molecular complexity index is 963. The normalized spacial score (nSPS) is 16.9. The second kappa shape index (κ2) is 7.52. The fourth-order valence-corrected chi connectivity index (χ4v) is 2.90. The van der Waals surface area contributed by atoms with Crippen molar-refractivity contribution in [3.05, 3.63) is 62.5 Å². The van der Waals surface area contributed by atoms with E-state index in [4.69, 9.17) is 4.74 Å². The molecule has 146 valence electrons. The number of carboxylic acid groups (broad SMARTS) is 1. The molecule has 0 fully saturated rings. The number of non-ortho nitro benzene ring substituents is 1. The smallest absolute Gasteiger partial charge is 0.337 e. The first-order valence-corrected chi connectivity index (χ1v) is 8.29. The molecule has 1 atom stereocenters. The van der Waals surface area contributed by atoms with Crippen LogP contribution in [0.2, 0.25) is 0 Å². The lowest BCUT2D eigenvalue weighted by Crippen LogP contribution is -2.34. The van der Waals surface area contributed by atoms with E-state index in [9.17, 15) is 30.1 Å². The van der Waals surface area contributed by atoms with Gasteiger partial charge in [0.15, 0.2) is 0 Å². The molecule has 0 aliphatic carbocycles. The van der Waals surface area contributed by atoms with Crippen molar-refractivity contribution in [1.82, 2.24) is 5.32 Å². The SMILES string of the molecule is CC1=C(C(=O)OC(C)(C)C)C(c2cccc([N+](=O)[O-])c2)C(C(=O)O)=C(C#N)N1. The molecule has 1 aliphatic heterocycles. The van der Waals surface area contributed by atoms with Gasteiger partial charge >= 0.3 is 11.9 Å². The second-order valence-corrected chi connectivity index (χ2v) is 7.16. The van der Waals surface area contributed by atoms with Crippen molar-refractivity contribution in [3.63, 3.8) is 0 Å². The Hall–Kier alpha value is -3.67. The molecule has 9 heteroatoms. The van der Waals surface area contributed by atoms with E-state index in [1.165, 1.54) is 31.2 Å². The number of nitrogens with zero attached hydrogens (tertiary/aromatic N) is 2. The molecule has 9 nitrogen and oxygen atoms in total. The Morgan fingerprint density at radius 1 is 1.32 bits per heavy atom. The number of hydrogen-bond donors (Lipinski definition) is 2. The molecule has 1 aromatic carbocycles. The standard InChI is InChI=1S/C19H19N3O6/c1-10-14(18(25)28-19(2,3)4)15(16(17(23)24)13(9-20)21-10)11-6-5-7-12(8-11)22(26)27/h5-8,15,21H,1-4H3,(H,23,24). The number of dihydropyridines is 1. The maximum absolute atomic E-state index is 12.8. The van der Waals surface area contributed by atoms with Crippen LogP contribution in [0.5, 0.6) is 0 Å². The van der Waals surface area contributed by atoms with Crippen LogP contribution in [0.1, 0.15) is 39.2 Å². The van der Waals surface area contributed by atoms with E-state index < -0.39 is 28.4 Å². The number of ether oxygens (including phenoxy) is 1. The van der Waals surface area contributed by atoms with Gasteiger partial charge in [0, 0.05) is 17.8 Å². The fourth-order valence-electron chi connectivity index (χ4n) is 2.90. The van der Waals surface area contributed by atoms with Gasteiger partial charge in [0.25, 0.3) is 5.69 Å².